The first-order valence-corrected chi connectivity index (χ1v) is 6.35. The lowest BCUT2D eigenvalue weighted by molar-refractivity contribution is 0.341. The van der Waals surface area contributed by atoms with Gasteiger partial charge in [-0.05, 0) is 39.3 Å². The van der Waals surface area contributed by atoms with Crippen LogP contribution in [0, 0.1) is 5.92 Å². The molecule has 0 saturated carbocycles. The van der Waals surface area contributed by atoms with E-state index in [2.05, 4.69) is 41.3 Å². The van der Waals surface area contributed by atoms with Crippen LogP contribution < -0.4 is 10.6 Å². The maximum absolute atomic E-state index is 4.21. The SMILES string of the molecule is CCN1CCC(CNC(=NC)NC(C)C)C1. The maximum Gasteiger partial charge on any atom is 0.191 e. The van der Waals surface area contributed by atoms with Crippen LogP contribution in [0.25, 0.3) is 0 Å². The summed E-state index contributed by atoms with van der Waals surface area (Å²) in [4.78, 5) is 6.71. The van der Waals surface area contributed by atoms with Gasteiger partial charge in [-0.2, -0.15) is 0 Å². The molecular weight excluding hydrogens is 200 g/mol. The molecule has 16 heavy (non-hydrogen) atoms. The highest BCUT2D eigenvalue weighted by Crippen LogP contribution is 2.14. The largest absolute Gasteiger partial charge is 0.356 e. The first-order chi connectivity index (χ1) is 7.65. The lowest BCUT2D eigenvalue weighted by atomic mass is 10.1. The third-order valence-electron chi connectivity index (χ3n) is 3.02. The summed E-state index contributed by atoms with van der Waals surface area (Å²) >= 11 is 0. The first-order valence-electron chi connectivity index (χ1n) is 6.35. The van der Waals surface area contributed by atoms with Gasteiger partial charge in [-0.25, -0.2) is 0 Å². The summed E-state index contributed by atoms with van der Waals surface area (Å²) < 4.78 is 0. The zero-order valence-corrected chi connectivity index (χ0v) is 11.1. The Morgan fingerprint density at radius 3 is 2.75 bits per heavy atom. The minimum absolute atomic E-state index is 0.432. The summed E-state index contributed by atoms with van der Waals surface area (Å²) in [6, 6.07) is 0.432. The van der Waals surface area contributed by atoms with Gasteiger partial charge >= 0.3 is 0 Å². The maximum atomic E-state index is 4.21. The monoisotopic (exact) mass is 226 g/mol. The summed E-state index contributed by atoms with van der Waals surface area (Å²) in [6.45, 7) is 11.2. The highest BCUT2D eigenvalue weighted by Gasteiger charge is 2.20. The second-order valence-corrected chi connectivity index (χ2v) is 4.80. The van der Waals surface area contributed by atoms with Gasteiger partial charge in [-0.15, -0.1) is 0 Å². The van der Waals surface area contributed by atoms with Crippen LogP contribution in [0.1, 0.15) is 27.2 Å². The molecule has 0 bridgehead atoms. The fourth-order valence-electron chi connectivity index (χ4n) is 2.08. The van der Waals surface area contributed by atoms with E-state index in [0.29, 0.717) is 6.04 Å². The average Bonchev–Trinajstić information content (AvgIpc) is 2.71. The number of hydrogen-bond acceptors (Lipinski definition) is 2. The normalized spacial score (nSPS) is 22.8. The molecule has 0 aromatic heterocycles. The minimum atomic E-state index is 0.432. The second-order valence-electron chi connectivity index (χ2n) is 4.80. The van der Waals surface area contributed by atoms with Gasteiger partial charge in [0.15, 0.2) is 5.96 Å². The van der Waals surface area contributed by atoms with Crippen molar-refractivity contribution in [3.8, 4) is 0 Å². The van der Waals surface area contributed by atoms with Gasteiger partial charge in [-0.1, -0.05) is 6.92 Å². The molecule has 0 radical (unpaired) electrons. The van der Waals surface area contributed by atoms with Crippen molar-refractivity contribution in [2.24, 2.45) is 10.9 Å². The molecule has 0 aliphatic carbocycles. The number of hydrogen-bond donors (Lipinski definition) is 2. The number of rotatable bonds is 4. The van der Waals surface area contributed by atoms with Crippen LogP contribution in [0.4, 0.5) is 0 Å². The third kappa shape index (κ3) is 4.39. The van der Waals surface area contributed by atoms with Crippen molar-refractivity contribution in [1.82, 2.24) is 15.5 Å². The number of likely N-dealkylation sites (tertiary alicyclic amines) is 1. The fourth-order valence-corrected chi connectivity index (χ4v) is 2.08. The van der Waals surface area contributed by atoms with Crippen LogP contribution in [0.15, 0.2) is 4.99 Å². The Morgan fingerprint density at radius 1 is 1.50 bits per heavy atom. The summed E-state index contributed by atoms with van der Waals surface area (Å²) in [5.41, 5.74) is 0. The molecule has 1 rings (SSSR count). The molecule has 1 aliphatic heterocycles. The number of aliphatic imine (C=N–C) groups is 1. The van der Waals surface area contributed by atoms with Crippen LogP contribution in [-0.2, 0) is 0 Å². The Hall–Kier alpha value is -0.770. The lowest BCUT2D eigenvalue weighted by Crippen LogP contribution is -2.43. The summed E-state index contributed by atoms with van der Waals surface area (Å²) in [5.74, 6) is 1.69. The Balaban J connectivity index is 2.23. The molecule has 1 fully saturated rings. The molecule has 2 N–H and O–H groups in total. The van der Waals surface area contributed by atoms with E-state index in [0.717, 1.165) is 18.4 Å². The van der Waals surface area contributed by atoms with Gasteiger partial charge in [-0.3, -0.25) is 4.99 Å². The van der Waals surface area contributed by atoms with E-state index in [1.807, 2.05) is 7.05 Å². The quantitative estimate of drug-likeness (QED) is 0.553. The topological polar surface area (TPSA) is 39.7 Å². The van der Waals surface area contributed by atoms with Crippen LogP contribution in [0.5, 0.6) is 0 Å². The average molecular weight is 226 g/mol. The van der Waals surface area contributed by atoms with Crippen LogP contribution >= 0.6 is 0 Å². The fraction of sp³-hybridized carbons (Fsp3) is 0.917. The van der Waals surface area contributed by atoms with Gasteiger partial charge in [0.25, 0.3) is 0 Å². The predicted octanol–water partition coefficient (Wildman–Crippen LogP) is 0.902. The van der Waals surface area contributed by atoms with Crippen molar-refractivity contribution in [3.05, 3.63) is 0 Å². The molecular formula is C12H26N4. The molecule has 4 heteroatoms. The summed E-state index contributed by atoms with van der Waals surface area (Å²) in [7, 11) is 1.82. The van der Waals surface area contributed by atoms with E-state index in [4.69, 9.17) is 0 Å². The van der Waals surface area contributed by atoms with Gasteiger partial charge in [0, 0.05) is 26.2 Å². The van der Waals surface area contributed by atoms with E-state index in [-0.39, 0.29) is 0 Å². The van der Waals surface area contributed by atoms with Crippen molar-refractivity contribution in [1.29, 1.82) is 0 Å². The van der Waals surface area contributed by atoms with Crippen molar-refractivity contribution in [3.63, 3.8) is 0 Å². The Morgan fingerprint density at radius 2 is 2.25 bits per heavy atom. The highest BCUT2D eigenvalue weighted by atomic mass is 15.2. The molecule has 1 aliphatic rings. The Kier molecular flexibility index (Phi) is 5.60. The van der Waals surface area contributed by atoms with E-state index in [9.17, 15) is 0 Å². The minimum Gasteiger partial charge on any atom is -0.356 e. The van der Waals surface area contributed by atoms with E-state index < -0.39 is 0 Å². The van der Waals surface area contributed by atoms with E-state index in [1.54, 1.807) is 0 Å². The summed E-state index contributed by atoms with van der Waals surface area (Å²) in [6.07, 6.45) is 1.31. The third-order valence-corrected chi connectivity index (χ3v) is 3.02. The van der Waals surface area contributed by atoms with E-state index in [1.165, 1.54) is 26.1 Å². The number of nitrogens with zero attached hydrogens (tertiary/aromatic N) is 2. The zero-order chi connectivity index (χ0) is 12.0. The van der Waals surface area contributed by atoms with Crippen molar-refractivity contribution < 1.29 is 0 Å². The summed E-state index contributed by atoms with van der Waals surface area (Å²) in [5, 5.41) is 6.70. The van der Waals surface area contributed by atoms with Gasteiger partial charge in [0.2, 0.25) is 0 Å². The smallest absolute Gasteiger partial charge is 0.191 e. The number of nitrogens with one attached hydrogen (secondary N) is 2. The molecule has 0 aromatic rings. The molecule has 0 spiro atoms. The van der Waals surface area contributed by atoms with Crippen LogP contribution in [0.2, 0.25) is 0 Å². The van der Waals surface area contributed by atoms with Crippen molar-refractivity contribution in [2.45, 2.75) is 33.2 Å². The predicted molar refractivity (Wildman–Crippen MR) is 69.9 cm³/mol. The molecule has 1 heterocycles. The molecule has 0 amide bonds. The lowest BCUT2D eigenvalue weighted by Gasteiger charge is -2.17. The zero-order valence-electron chi connectivity index (χ0n) is 11.1. The second kappa shape index (κ2) is 6.74. The van der Waals surface area contributed by atoms with Crippen LogP contribution in [0.3, 0.4) is 0 Å². The highest BCUT2D eigenvalue weighted by molar-refractivity contribution is 5.79. The molecule has 1 unspecified atom stereocenters. The van der Waals surface area contributed by atoms with Gasteiger partial charge < -0.3 is 15.5 Å². The van der Waals surface area contributed by atoms with Gasteiger partial charge in [0.05, 0.1) is 0 Å². The Bertz CT molecular complexity index is 225. The molecule has 0 aromatic carbocycles. The van der Waals surface area contributed by atoms with Crippen LogP contribution in [-0.4, -0.2) is 50.1 Å². The first kappa shape index (κ1) is 13.3. The van der Waals surface area contributed by atoms with Crippen molar-refractivity contribution in [2.75, 3.05) is 33.2 Å². The van der Waals surface area contributed by atoms with E-state index >= 15 is 0 Å². The number of guanidine groups is 1. The molecule has 94 valence electrons. The standard InChI is InChI=1S/C12H26N4/c1-5-16-7-6-11(9-16)8-14-12(13-4)15-10(2)3/h10-11H,5-9H2,1-4H3,(H2,13,14,15). The molecule has 1 atom stereocenters. The molecule has 4 nitrogen and oxygen atoms in total. The van der Waals surface area contributed by atoms with Crippen molar-refractivity contribution >= 4 is 5.96 Å². The van der Waals surface area contributed by atoms with Gasteiger partial charge in [0.1, 0.15) is 0 Å². The Labute approximate surface area is 99.5 Å². The molecule has 1 saturated heterocycles.